The summed E-state index contributed by atoms with van der Waals surface area (Å²) in [5.41, 5.74) is 0. The molecule has 126 valence electrons. The highest BCUT2D eigenvalue weighted by Crippen LogP contribution is 1.99. The van der Waals surface area contributed by atoms with E-state index in [1.807, 2.05) is 0 Å². The molecule has 0 saturated carbocycles. The standard InChI is InChI=1S/C14H31N5O.HI/c1-5-18-8-10-19(11-9-18)7-6-16-14(15-3)17-13(2)12-20-4;/h13H,5-12H2,1-4H3,(H2,15,16,17);1H. The van der Waals surface area contributed by atoms with E-state index in [1.165, 1.54) is 32.7 Å². The second kappa shape index (κ2) is 12.4. The zero-order valence-electron chi connectivity index (χ0n) is 13.9. The smallest absolute Gasteiger partial charge is 0.191 e. The predicted octanol–water partition coefficient (Wildman–Crippen LogP) is 0.442. The van der Waals surface area contributed by atoms with Gasteiger partial charge in [0.2, 0.25) is 0 Å². The monoisotopic (exact) mass is 413 g/mol. The lowest BCUT2D eigenvalue weighted by molar-refractivity contribution is 0.139. The molecule has 0 radical (unpaired) electrons. The number of aliphatic imine (C=N–C) groups is 1. The molecule has 6 nitrogen and oxygen atoms in total. The van der Waals surface area contributed by atoms with Crippen LogP contribution in [0.3, 0.4) is 0 Å². The maximum absolute atomic E-state index is 5.11. The summed E-state index contributed by atoms with van der Waals surface area (Å²) < 4.78 is 5.11. The Morgan fingerprint density at radius 2 is 1.86 bits per heavy atom. The van der Waals surface area contributed by atoms with Crippen molar-refractivity contribution in [3.05, 3.63) is 0 Å². The molecule has 2 N–H and O–H groups in total. The van der Waals surface area contributed by atoms with Gasteiger partial charge in [0, 0.05) is 59.5 Å². The first kappa shape index (κ1) is 20.9. The second-order valence-electron chi connectivity index (χ2n) is 5.28. The van der Waals surface area contributed by atoms with Gasteiger partial charge in [-0.05, 0) is 13.5 Å². The van der Waals surface area contributed by atoms with Crippen molar-refractivity contribution in [1.82, 2.24) is 20.4 Å². The Kier molecular flexibility index (Phi) is 12.4. The SMILES string of the molecule is CCN1CCN(CCNC(=NC)NC(C)COC)CC1.I. The van der Waals surface area contributed by atoms with Crippen LogP contribution in [-0.2, 0) is 4.74 Å². The maximum atomic E-state index is 5.11. The third-order valence-corrected chi connectivity index (χ3v) is 3.66. The summed E-state index contributed by atoms with van der Waals surface area (Å²) >= 11 is 0. The molecule has 1 unspecified atom stereocenters. The highest BCUT2D eigenvalue weighted by atomic mass is 127. The zero-order chi connectivity index (χ0) is 14.8. The Balaban J connectivity index is 0.00000400. The van der Waals surface area contributed by atoms with Crippen molar-refractivity contribution >= 4 is 29.9 Å². The van der Waals surface area contributed by atoms with Gasteiger partial charge in [-0.15, -0.1) is 24.0 Å². The van der Waals surface area contributed by atoms with E-state index in [4.69, 9.17) is 4.74 Å². The molecule has 0 aromatic carbocycles. The first-order chi connectivity index (χ1) is 9.69. The average molecular weight is 413 g/mol. The van der Waals surface area contributed by atoms with Gasteiger partial charge < -0.3 is 20.3 Å². The lowest BCUT2D eigenvalue weighted by atomic mass is 10.3. The van der Waals surface area contributed by atoms with E-state index < -0.39 is 0 Å². The summed E-state index contributed by atoms with van der Waals surface area (Å²) in [5, 5.41) is 6.67. The lowest BCUT2D eigenvalue weighted by Crippen LogP contribution is -2.50. The van der Waals surface area contributed by atoms with Crippen LogP contribution in [0.1, 0.15) is 13.8 Å². The number of rotatable bonds is 7. The van der Waals surface area contributed by atoms with Crippen molar-refractivity contribution in [3.63, 3.8) is 0 Å². The van der Waals surface area contributed by atoms with E-state index in [2.05, 4.69) is 39.3 Å². The Morgan fingerprint density at radius 1 is 1.24 bits per heavy atom. The summed E-state index contributed by atoms with van der Waals surface area (Å²) in [6.45, 7) is 12.9. The highest BCUT2D eigenvalue weighted by molar-refractivity contribution is 14.0. The number of guanidine groups is 1. The van der Waals surface area contributed by atoms with Crippen molar-refractivity contribution in [3.8, 4) is 0 Å². The van der Waals surface area contributed by atoms with Crippen LogP contribution in [0.2, 0.25) is 0 Å². The number of piperazine rings is 1. The number of nitrogens with zero attached hydrogens (tertiary/aromatic N) is 3. The largest absolute Gasteiger partial charge is 0.383 e. The molecule has 1 aliphatic heterocycles. The number of likely N-dealkylation sites (N-methyl/N-ethyl adjacent to an activating group) is 1. The molecule has 0 aromatic heterocycles. The number of ether oxygens (including phenoxy) is 1. The highest BCUT2D eigenvalue weighted by Gasteiger charge is 2.14. The minimum atomic E-state index is 0. The van der Waals surface area contributed by atoms with Gasteiger partial charge in [-0.2, -0.15) is 0 Å². The Bertz CT molecular complexity index is 283. The van der Waals surface area contributed by atoms with E-state index in [0.29, 0.717) is 6.61 Å². The van der Waals surface area contributed by atoms with Crippen LogP contribution in [0.25, 0.3) is 0 Å². The minimum Gasteiger partial charge on any atom is -0.383 e. The third-order valence-electron chi connectivity index (χ3n) is 3.66. The summed E-state index contributed by atoms with van der Waals surface area (Å²) in [7, 11) is 3.51. The fourth-order valence-electron chi connectivity index (χ4n) is 2.38. The van der Waals surface area contributed by atoms with Crippen molar-refractivity contribution in [2.24, 2.45) is 4.99 Å². The average Bonchev–Trinajstić information content (AvgIpc) is 2.47. The van der Waals surface area contributed by atoms with Crippen LogP contribution in [0.15, 0.2) is 4.99 Å². The normalized spacial score (nSPS) is 19.0. The fourth-order valence-corrected chi connectivity index (χ4v) is 2.38. The quantitative estimate of drug-likeness (QED) is 0.361. The van der Waals surface area contributed by atoms with E-state index in [1.54, 1.807) is 14.2 Å². The van der Waals surface area contributed by atoms with Gasteiger partial charge in [0.25, 0.3) is 0 Å². The van der Waals surface area contributed by atoms with Gasteiger partial charge in [0.1, 0.15) is 0 Å². The number of hydrogen-bond donors (Lipinski definition) is 2. The Labute approximate surface area is 146 Å². The van der Waals surface area contributed by atoms with E-state index in [9.17, 15) is 0 Å². The summed E-state index contributed by atoms with van der Waals surface area (Å²) in [6, 6.07) is 0.263. The first-order valence-corrected chi connectivity index (χ1v) is 7.60. The van der Waals surface area contributed by atoms with Crippen molar-refractivity contribution in [2.45, 2.75) is 19.9 Å². The molecule has 1 saturated heterocycles. The molecule has 1 rings (SSSR count). The number of nitrogens with one attached hydrogen (secondary N) is 2. The van der Waals surface area contributed by atoms with Crippen molar-refractivity contribution in [1.29, 1.82) is 0 Å². The van der Waals surface area contributed by atoms with Crippen LogP contribution in [-0.4, -0.2) is 88.4 Å². The van der Waals surface area contributed by atoms with Gasteiger partial charge in [0.05, 0.1) is 6.61 Å². The molecule has 1 fully saturated rings. The molecule has 0 bridgehead atoms. The van der Waals surface area contributed by atoms with Gasteiger partial charge in [0.15, 0.2) is 5.96 Å². The number of halogens is 1. The molecule has 1 heterocycles. The van der Waals surface area contributed by atoms with Crippen LogP contribution in [0.5, 0.6) is 0 Å². The topological polar surface area (TPSA) is 52.1 Å². The second-order valence-corrected chi connectivity index (χ2v) is 5.28. The third kappa shape index (κ3) is 8.80. The molecule has 0 spiro atoms. The molecule has 0 aromatic rings. The van der Waals surface area contributed by atoms with Crippen molar-refractivity contribution < 1.29 is 4.74 Å². The van der Waals surface area contributed by atoms with Crippen molar-refractivity contribution in [2.75, 3.05) is 66.6 Å². The summed E-state index contributed by atoms with van der Waals surface area (Å²) in [6.07, 6.45) is 0. The first-order valence-electron chi connectivity index (χ1n) is 7.60. The van der Waals surface area contributed by atoms with Crippen LogP contribution in [0, 0.1) is 0 Å². The summed E-state index contributed by atoms with van der Waals surface area (Å²) in [4.78, 5) is 9.23. The van der Waals surface area contributed by atoms with E-state index in [0.717, 1.165) is 19.0 Å². The minimum absolute atomic E-state index is 0. The van der Waals surface area contributed by atoms with Crippen LogP contribution >= 0.6 is 24.0 Å². The Morgan fingerprint density at radius 3 is 2.38 bits per heavy atom. The number of methoxy groups -OCH3 is 1. The molecular weight excluding hydrogens is 381 g/mol. The molecule has 7 heteroatoms. The van der Waals surface area contributed by atoms with Crippen LogP contribution < -0.4 is 10.6 Å². The van der Waals surface area contributed by atoms with Gasteiger partial charge in [-0.25, -0.2) is 0 Å². The van der Waals surface area contributed by atoms with Gasteiger partial charge >= 0.3 is 0 Å². The predicted molar refractivity (Wildman–Crippen MR) is 99.8 cm³/mol. The van der Waals surface area contributed by atoms with Crippen LogP contribution in [0.4, 0.5) is 0 Å². The summed E-state index contributed by atoms with van der Waals surface area (Å²) in [5.74, 6) is 0.849. The van der Waals surface area contributed by atoms with E-state index in [-0.39, 0.29) is 30.0 Å². The zero-order valence-corrected chi connectivity index (χ0v) is 16.2. The molecule has 21 heavy (non-hydrogen) atoms. The van der Waals surface area contributed by atoms with Gasteiger partial charge in [-0.1, -0.05) is 6.92 Å². The molecule has 0 aliphatic carbocycles. The Hall–Kier alpha value is -0.120. The molecule has 1 aliphatic rings. The van der Waals surface area contributed by atoms with E-state index >= 15 is 0 Å². The number of hydrogen-bond acceptors (Lipinski definition) is 4. The van der Waals surface area contributed by atoms with Gasteiger partial charge in [-0.3, -0.25) is 9.89 Å². The lowest BCUT2D eigenvalue weighted by Gasteiger charge is -2.34. The maximum Gasteiger partial charge on any atom is 0.191 e. The fraction of sp³-hybridized carbons (Fsp3) is 0.929. The molecular formula is C14H32IN5O. The molecule has 0 amide bonds. The molecule has 1 atom stereocenters.